The minimum atomic E-state index is -0.240. The van der Waals surface area contributed by atoms with Crippen molar-refractivity contribution in [3.63, 3.8) is 0 Å². The SMILES string of the molecule is C=C/C=C\C(=O)Nc1cc(Nc2ncc(C)c(-c3cn(C)c4ccccc34)n2)c(OC)cc1N1CC[C@@H](N(C)C)C1. The predicted molar refractivity (Wildman–Crippen MR) is 167 cm³/mol. The molecule has 0 saturated carbocycles. The van der Waals surface area contributed by atoms with Crippen molar-refractivity contribution in [1.82, 2.24) is 19.4 Å². The summed E-state index contributed by atoms with van der Waals surface area (Å²) in [6, 6.07) is 12.6. The number of carbonyl (C=O) groups is 1. The van der Waals surface area contributed by atoms with E-state index in [0.29, 0.717) is 29.1 Å². The van der Waals surface area contributed by atoms with Gasteiger partial charge in [-0.25, -0.2) is 9.97 Å². The average Bonchev–Trinajstić information content (AvgIpc) is 3.59. The molecule has 9 nitrogen and oxygen atoms in total. The maximum atomic E-state index is 12.7. The number of ether oxygens (including phenoxy) is 1. The highest BCUT2D eigenvalue weighted by molar-refractivity contribution is 6.03. The molecule has 0 spiro atoms. The van der Waals surface area contributed by atoms with Crippen LogP contribution >= 0.6 is 0 Å². The molecule has 41 heavy (non-hydrogen) atoms. The van der Waals surface area contributed by atoms with Crippen LogP contribution in [0.4, 0.5) is 23.0 Å². The van der Waals surface area contributed by atoms with Gasteiger partial charge in [-0.15, -0.1) is 0 Å². The Morgan fingerprint density at radius 3 is 2.76 bits per heavy atom. The standard InChI is InChI=1S/C32H37N7O2/c1-7-8-13-30(40)34-25-16-26(29(41-6)17-28(25)39-15-14-22(19-39)37(3)4)35-32-33-18-21(2)31(36-32)24-20-38(5)27-12-10-9-11-23(24)27/h7-13,16-18,20,22H,1,14-15,19H2,2-6H3,(H,34,40)(H,33,35,36)/b13-8-/t22-/m1/s1. The number of methoxy groups -OCH3 is 1. The molecule has 0 bridgehead atoms. The summed E-state index contributed by atoms with van der Waals surface area (Å²) in [4.78, 5) is 26.7. The molecule has 0 unspecified atom stereocenters. The molecule has 2 aromatic heterocycles. The van der Waals surface area contributed by atoms with Gasteiger partial charge < -0.3 is 29.7 Å². The molecule has 212 valence electrons. The van der Waals surface area contributed by atoms with Gasteiger partial charge in [0.1, 0.15) is 5.75 Å². The summed E-state index contributed by atoms with van der Waals surface area (Å²) in [7, 11) is 7.87. The Kier molecular flexibility index (Phi) is 8.07. The minimum Gasteiger partial charge on any atom is -0.494 e. The summed E-state index contributed by atoms with van der Waals surface area (Å²) in [5, 5.41) is 7.52. The molecule has 4 aromatic rings. The van der Waals surface area contributed by atoms with Crippen LogP contribution in [0.1, 0.15) is 12.0 Å². The van der Waals surface area contributed by atoms with Gasteiger partial charge in [0, 0.05) is 67.2 Å². The largest absolute Gasteiger partial charge is 0.494 e. The third-order valence-corrected chi connectivity index (χ3v) is 7.56. The van der Waals surface area contributed by atoms with E-state index in [-0.39, 0.29) is 5.91 Å². The minimum absolute atomic E-state index is 0.240. The normalized spacial score (nSPS) is 15.2. The predicted octanol–water partition coefficient (Wildman–Crippen LogP) is 5.52. The van der Waals surface area contributed by atoms with Crippen LogP contribution in [0.15, 0.2) is 73.6 Å². The smallest absolute Gasteiger partial charge is 0.248 e. The maximum absolute atomic E-state index is 12.7. The Hall–Kier alpha value is -4.63. The lowest BCUT2D eigenvalue weighted by Gasteiger charge is -2.25. The molecule has 1 fully saturated rings. The van der Waals surface area contributed by atoms with E-state index in [4.69, 9.17) is 9.72 Å². The Balaban J connectivity index is 1.53. The van der Waals surface area contributed by atoms with Crippen molar-refractivity contribution in [2.45, 2.75) is 19.4 Å². The molecule has 1 saturated heterocycles. The third-order valence-electron chi connectivity index (χ3n) is 7.56. The number of amides is 1. The highest BCUT2D eigenvalue weighted by Gasteiger charge is 2.27. The number of rotatable bonds is 9. The second-order valence-electron chi connectivity index (χ2n) is 10.5. The molecule has 9 heteroatoms. The number of aromatic nitrogens is 3. The zero-order valence-electron chi connectivity index (χ0n) is 24.3. The summed E-state index contributed by atoms with van der Waals surface area (Å²) in [6.07, 6.45) is 9.60. The van der Waals surface area contributed by atoms with Crippen molar-refractivity contribution in [2.75, 3.05) is 49.8 Å². The first-order chi connectivity index (χ1) is 19.8. The van der Waals surface area contributed by atoms with Crippen LogP contribution in [-0.2, 0) is 11.8 Å². The van der Waals surface area contributed by atoms with E-state index >= 15 is 0 Å². The van der Waals surface area contributed by atoms with Gasteiger partial charge in [0.15, 0.2) is 0 Å². The molecule has 2 N–H and O–H groups in total. The fourth-order valence-corrected chi connectivity index (χ4v) is 5.34. The molecule has 1 amide bonds. The quantitative estimate of drug-likeness (QED) is 0.209. The molecular formula is C32H37N7O2. The number of allylic oxidation sites excluding steroid dienone is 2. The first-order valence-corrected chi connectivity index (χ1v) is 13.7. The first kappa shape index (κ1) is 27.9. The van der Waals surface area contributed by atoms with E-state index in [1.807, 2.05) is 44.4 Å². The van der Waals surface area contributed by atoms with E-state index in [9.17, 15) is 4.79 Å². The van der Waals surface area contributed by atoms with Gasteiger partial charge in [0.05, 0.1) is 29.9 Å². The van der Waals surface area contributed by atoms with Gasteiger partial charge in [-0.1, -0.05) is 36.9 Å². The van der Waals surface area contributed by atoms with Crippen molar-refractivity contribution in [3.8, 4) is 17.0 Å². The fourth-order valence-electron chi connectivity index (χ4n) is 5.34. The molecule has 2 aromatic carbocycles. The van der Waals surface area contributed by atoms with Crippen molar-refractivity contribution < 1.29 is 9.53 Å². The third kappa shape index (κ3) is 5.81. The van der Waals surface area contributed by atoms with Crippen LogP contribution in [-0.4, -0.2) is 65.7 Å². The lowest BCUT2D eigenvalue weighted by Crippen LogP contribution is -2.31. The Labute approximate surface area is 241 Å². The Morgan fingerprint density at radius 2 is 2.02 bits per heavy atom. The van der Waals surface area contributed by atoms with E-state index in [1.165, 1.54) is 6.08 Å². The van der Waals surface area contributed by atoms with Gasteiger partial charge in [0.25, 0.3) is 0 Å². The zero-order chi connectivity index (χ0) is 29.1. The highest BCUT2D eigenvalue weighted by atomic mass is 16.5. The van der Waals surface area contributed by atoms with Gasteiger partial charge in [0.2, 0.25) is 11.9 Å². The number of hydrogen-bond acceptors (Lipinski definition) is 7. The summed E-state index contributed by atoms with van der Waals surface area (Å²) < 4.78 is 7.93. The number of para-hydroxylation sites is 1. The zero-order valence-corrected chi connectivity index (χ0v) is 24.3. The topological polar surface area (TPSA) is 87.5 Å². The Morgan fingerprint density at radius 1 is 1.22 bits per heavy atom. The van der Waals surface area contributed by atoms with Gasteiger partial charge in [-0.2, -0.15) is 0 Å². The number of benzene rings is 2. The number of aryl methyl sites for hydroxylation is 2. The lowest BCUT2D eigenvalue weighted by molar-refractivity contribution is -0.111. The molecule has 1 aliphatic rings. The van der Waals surface area contributed by atoms with Crippen molar-refractivity contribution in [3.05, 3.63) is 79.2 Å². The molecule has 3 heterocycles. The summed E-state index contributed by atoms with van der Waals surface area (Å²) in [5.74, 6) is 0.821. The highest BCUT2D eigenvalue weighted by Crippen LogP contribution is 2.40. The van der Waals surface area contributed by atoms with E-state index < -0.39 is 0 Å². The molecular weight excluding hydrogens is 514 g/mol. The van der Waals surface area contributed by atoms with E-state index in [1.54, 1.807) is 19.3 Å². The van der Waals surface area contributed by atoms with Crippen LogP contribution in [0, 0.1) is 6.92 Å². The monoisotopic (exact) mass is 551 g/mol. The summed E-state index contributed by atoms with van der Waals surface area (Å²) >= 11 is 0. The average molecular weight is 552 g/mol. The maximum Gasteiger partial charge on any atom is 0.248 e. The molecule has 0 aliphatic carbocycles. The van der Waals surface area contributed by atoms with Crippen LogP contribution in [0.3, 0.4) is 0 Å². The van der Waals surface area contributed by atoms with Gasteiger partial charge in [-0.3, -0.25) is 4.79 Å². The van der Waals surface area contributed by atoms with Crippen LogP contribution in [0.2, 0.25) is 0 Å². The fraction of sp³-hybridized carbons (Fsp3) is 0.281. The number of nitrogens with one attached hydrogen (secondary N) is 2. The number of likely N-dealkylation sites (N-methyl/N-ethyl adjacent to an activating group) is 1. The number of anilines is 4. The summed E-state index contributed by atoms with van der Waals surface area (Å²) in [5.41, 5.74) is 6.23. The lowest BCUT2D eigenvalue weighted by atomic mass is 10.1. The number of nitrogens with zero attached hydrogens (tertiary/aromatic N) is 5. The molecule has 1 atom stereocenters. The van der Waals surface area contributed by atoms with Gasteiger partial charge in [-0.05, 0) is 45.1 Å². The number of hydrogen-bond donors (Lipinski definition) is 2. The molecule has 1 aliphatic heterocycles. The van der Waals surface area contributed by atoms with Crippen molar-refractivity contribution in [2.24, 2.45) is 7.05 Å². The van der Waals surface area contributed by atoms with Crippen LogP contribution in [0.5, 0.6) is 5.75 Å². The first-order valence-electron chi connectivity index (χ1n) is 13.7. The number of carbonyl (C=O) groups excluding carboxylic acids is 1. The molecule has 5 rings (SSSR count). The van der Waals surface area contributed by atoms with E-state index in [0.717, 1.165) is 52.9 Å². The Bertz CT molecular complexity index is 1620. The van der Waals surface area contributed by atoms with Crippen LogP contribution < -0.4 is 20.3 Å². The van der Waals surface area contributed by atoms with Crippen molar-refractivity contribution >= 4 is 39.8 Å². The second-order valence-corrected chi connectivity index (χ2v) is 10.5. The summed E-state index contributed by atoms with van der Waals surface area (Å²) in [6.45, 7) is 7.40. The molecule has 0 radical (unpaired) electrons. The second kappa shape index (κ2) is 11.9. The van der Waals surface area contributed by atoms with Crippen LogP contribution in [0.25, 0.3) is 22.2 Å². The van der Waals surface area contributed by atoms with Gasteiger partial charge >= 0.3 is 0 Å². The van der Waals surface area contributed by atoms with Crippen molar-refractivity contribution in [1.29, 1.82) is 0 Å². The van der Waals surface area contributed by atoms with E-state index in [2.05, 4.69) is 69.0 Å². The number of fused-ring (bicyclic) bond motifs is 1.